The highest BCUT2D eigenvalue weighted by molar-refractivity contribution is 7.16. The number of hydrogen-bond acceptors (Lipinski definition) is 5. The highest BCUT2D eigenvalue weighted by atomic mass is 32.1. The van der Waals surface area contributed by atoms with Crippen molar-refractivity contribution in [2.45, 2.75) is 26.3 Å². The number of nitrogens with zero attached hydrogens (tertiary/aromatic N) is 3. The monoisotopic (exact) mass is 369 g/mol. The summed E-state index contributed by atoms with van der Waals surface area (Å²) >= 11 is 1.34. The molecular formula is C18H15N3O4S. The third-order valence-corrected chi connectivity index (χ3v) is 4.84. The molecule has 2 heterocycles. The second kappa shape index (κ2) is 6.98. The molecule has 26 heavy (non-hydrogen) atoms. The molecule has 0 saturated heterocycles. The van der Waals surface area contributed by atoms with Gasteiger partial charge in [0.1, 0.15) is 4.92 Å². The lowest BCUT2D eigenvalue weighted by molar-refractivity contribution is -0.402. The average Bonchev–Trinajstić information content (AvgIpc) is 3.20. The summed E-state index contributed by atoms with van der Waals surface area (Å²) in [6.45, 7) is 4.46. The zero-order chi connectivity index (χ0) is 18.8. The first-order valence-corrected chi connectivity index (χ1v) is 8.62. The van der Waals surface area contributed by atoms with E-state index in [-0.39, 0.29) is 12.3 Å². The Labute approximate surface area is 152 Å². The number of terminal acetylenes is 1. The lowest BCUT2D eigenvalue weighted by atomic mass is 10.0. The Balaban J connectivity index is 2.11. The molecule has 0 aliphatic rings. The largest absolute Gasteiger partial charge is 0.433 e. The minimum absolute atomic E-state index is 0.190. The van der Waals surface area contributed by atoms with E-state index in [2.05, 4.69) is 30.8 Å². The average molecular weight is 369 g/mol. The van der Waals surface area contributed by atoms with E-state index in [1.807, 2.05) is 12.1 Å². The van der Waals surface area contributed by atoms with E-state index < -0.39 is 16.7 Å². The van der Waals surface area contributed by atoms with Crippen LogP contribution in [-0.2, 0) is 6.54 Å². The van der Waals surface area contributed by atoms with Crippen molar-refractivity contribution < 1.29 is 14.1 Å². The van der Waals surface area contributed by atoms with Crippen LogP contribution in [0.15, 0.2) is 39.7 Å². The number of thiazole rings is 1. The molecule has 0 fully saturated rings. The molecule has 2 aromatic heterocycles. The summed E-state index contributed by atoms with van der Waals surface area (Å²) in [5, 5.41) is 10.7. The van der Waals surface area contributed by atoms with E-state index in [0.29, 0.717) is 10.7 Å². The number of amides is 1. The molecule has 0 atom stereocenters. The van der Waals surface area contributed by atoms with Gasteiger partial charge < -0.3 is 8.98 Å². The van der Waals surface area contributed by atoms with Crippen LogP contribution in [0.25, 0.3) is 10.2 Å². The number of rotatable bonds is 4. The molecule has 3 rings (SSSR count). The number of benzene rings is 1. The Hall–Kier alpha value is -3.18. The lowest BCUT2D eigenvalue weighted by Crippen LogP contribution is -2.16. The van der Waals surface area contributed by atoms with Gasteiger partial charge in [0.15, 0.2) is 4.80 Å². The van der Waals surface area contributed by atoms with Crippen molar-refractivity contribution in [3.8, 4) is 12.3 Å². The zero-order valence-corrected chi connectivity index (χ0v) is 14.9. The Kier molecular flexibility index (Phi) is 4.73. The number of aromatic nitrogens is 1. The second-order valence-corrected chi connectivity index (χ2v) is 6.88. The van der Waals surface area contributed by atoms with Gasteiger partial charge in [0.25, 0.3) is 0 Å². The fourth-order valence-corrected chi connectivity index (χ4v) is 3.54. The maximum Gasteiger partial charge on any atom is 0.433 e. The van der Waals surface area contributed by atoms with Crippen LogP contribution in [-0.4, -0.2) is 15.4 Å². The van der Waals surface area contributed by atoms with Gasteiger partial charge in [-0.2, -0.15) is 4.99 Å². The summed E-state index contributed by atoms with van der Waals surface area (Å²) in [6, 6.07) is 8.39. The predicted octanol–water partition coefficient (Wildman–Crippen LogP) is 3.70. The molecule has 0 N–H and O–H groups in total. The Bertz CT molecular complexity index is 1110. The summed E-state index contributed by atoms with van der Waals surface area (Å²) in [6.07, 6.45) is 5.45. The van der Waals surface area contributed by atoms with Crippen molar-refractivity contribution in [2.24, 2.45) is 4.99 Å². The summed E-state index contributed by atoms with van der Waals surface area (Å²) in [7, 11) is 0. The molecule has 1 aromatic carbocycles. The van der Waals surface area contributed by atoms with Gasteiger partial charge >= 0.3 is 11.8 Å². The Morgan fingerprint density at radius 3 is 2.81 bits per heavy atom. The smallest absolute Gasteiger partial charge is 0.395 e. The first kappa shape index (κ1) is 17.6. The third kappa shape index (κ3) is 3.30. The number of hydrogen-bond donors (Lipinski definition) is 0. The van der Waals surface area contributed by atoms with Crippen molar-refractivity contribution in [2.75, 3.05) is 0 Å². The molecule has 1 amide bonds. The van der Waals surface area contributed by atoms with E-state index in [0.717, 1.165) is 16.3 Å². The highest BCUT2D eigenvalue weighted by Crippen LogP contribution is 2.24. The topological polar surface area (TPSA) is 90.6 Å². The van der Waals surface area contributed by atoms with Crippen LogP contribution in [0.1, 0.15) is 35.9 Å². The second-order valence-electron chi connectivity index (χ2n) is 5.87. The van der Waals surface area contributed by atoms with Gasteiger partial charge in [0, 0.05) is 0 Å². The summed E-state index contributed by atoms with van der Waals surface area (Å²) < 4.78 is 7.64. The van der Waals surface area contributed by atoms with Crippen LogP contribution in [0.2, 0.25) is 0 Å². The summed E-state index contributed by atoms with van der Waals surface area (Å²) in [4.78, 5) is 26.8. The van der Waals surface area contributed by atoms with Gasteiger partial charge in [-0.25, -0.2) is 0 Å². The standard InChI is InChI=1S/C18H15N3O4S/c1-4-9-20-13-6-5-12(11(2)3)10-15(13)26-18(20)19-17(22)14-7-8-16(25-14)21(23)24/h1,5-8,10-11H,9H2,2-3H3. The Morgan fingerprint density at radius 1 is 1.42 bits per heavy atom. The van der Waals surface area contributed by atoms with Crippen LogP contribution in [0, 0.1) is 22.5 Å². The molecule has 0 unspecified atom stereocenters. The minimum Gasteiger partial charge on any atom is -0.395 e. The number of nitro groups is 1. The number of furan rings is 1. The molecule has 0 aliphatic carbocycles. The number of carbonyl (C=O) groups is 1. The van der Waals surface area contributed by atoms with E-state index in [4.69, 9.17) is 10.8 Å². The summed E-state index contributed by atoms with van der Waals surface area (Å²) in [5.41, 5.74) is 2.06. The molecule has 0 aliphatic heterocycles. The zero-order valence-electron chi connectivity index (χ0n) is 14.1. The van der Waals surface area contributed by atoms with Crippen molar-refractivity contribution in [3.63, 3.8) is 0 Å². The first-order valence-electron chi connectivity index (χ1n) is 7.80. The SMILES string of the molecule is C#CCn1c(=NC(=O)c2ccc([N+](=O)[O-])o2)sc2cc(C(C)C)ccc21. The third-order valence-electron chi connectivity index (χ3n) is 3.80. The quantitative estimate of drug-likeness (QED) is 0.398. The minimum atomic E-state index is -0.706. The van der Waals surface area contributed by atoms with Crippen LogP contribution >= 0.6 is 11.3 Å². The van der Waals surface area contributed by atoms with Crippen molar-refractivity contribution in [1.82, 2.24) is 4.57 Å². The molecule has 0 bridgehead atoms. The maximum atomic E-state index is 12.3. The number of fused-ring (bicyclic) bond motifs is 1. The van der Waals surface area contributed by atoms with Gasteiger partial charge in [0.05, 0.1) is 22.8 Å². The highest BCUT2D eigenvalue weighted by Gasteiger charge is 2.17. The van der Waals surface area contributed by atoms with E-state index >= 15 is 0 Å². The number of carbonyl (C=O) groups excluding carboxylic acids is 1. The van der Waals surface area contributed by atoms with Crippen LogP contribution in [0.3, 0.4) is 0 Å². The van der Waals surface area contributed by atoms with E-state index in [1.54, 1.807) is 4.57 Å². The lowest BCUT2D eigenvalue weighted by Gasteiger charge is -2.05. The van der Waals surface area contributed by atoms with Crippen LogP contribution in [0.4, 0.5) is 5.88 Å². The fourth-order valence-electron chi connectivity index (χ4n) is 2.46. The first-order chi connectivity index (χ1) is 12.4. The van der Waals surface area contributed by atoms with Gasteiger partial charge in [-0.05, 0) is 29.7 Å². The van der Waals surface area contributed by atoms with Gasteiger partial charge in [-0.3, -0.25) is 14.9 Å². The van der Waals surface area contributed by atoms with Gasteiger partial charge in [0.2, 0.25) is 5.76 Å². The van der Waals surface area contributed by atoms with Crippen molar-refractivity contribution in [3.05, 3.63) is 56.6 Å². The maximum absolute atomic E-state index is 12.3. The fraction of sp³-hybridized carbons (Fsp3) is 0.222. The van der Waals surface area contributed by atoms with Gasteiger partial charge in [-0.15, -0.1) is 6.42 Å². The van der Waals surface area contributed by atoms with Crippen molar-refractivity contribution in [1.29, 1.82) is 0 Å². The van der Waals surface area contributed by atoms with E-state index in [9.17, 15) is 14.9 Å². The molecule has 0 spiro atoms. The molecule has 8 heteroatoms. The normalized spacial score (nSPS) is 11.8. The van der Waals surface area contributed by atoms with Crippen LogP contribution < -0.4 is 4.80 Å². The van der Waals surface area contributed by atoms with Crippen molar-refractivity contribution >= 4 is 33.3 Å². The summed E-state index contributed by atoms with van der Waals surface area (Å²) in [5.74, 6) is 1.54. The molecule has 7 nitrogen and oxygen atoms in total. The molecule has 3 aromatic rings. The molecule has 0 saturated carbocycles. The molecular weight excluding hydrogens is 354 g/mol. The van der Waals surface area contributed by atoms with Crippen LogP contribution in [0.5, 0.6) is 0 Å². The molecule has 0 radical (unpaired) electrons. The van der Waals surface area contributed by atoms with Gasteiger partial charge in [-0.1, -0.05) is 37.2 Å². The predicted molar refractivity (Wildman–Crippen MR) is 98.0 cm³/mol. The Morgan fingerprint density at radius 2 is 2.19 bits per heavy atom. The molecule has 132 valence electrons. The van der Waals surface area contributed by atoms with E-state index in [1.165, 1.54) is 23.0 Å².